The van der Waals surface area contributed by atoms with Gasteiger partial charge >= 0.3 is 0 Å². The van der Waals surface area contributed by atoms with E-state index in [0.29, 0.717) is 5.57 Å². The number of hydrogen-bond acceptors (Lipinski definition) is 2. The molecular weight excluding hydrogens is 284 g/mol. The van der Waals surface area contributed by atoms with E-state index < -0.39 is 6.10 Å². The minimum absolute atomic E-state index is 0.148. The molecule has 0 radical (unpaired) electrons. The maximum absolute atomic E-state index is 12.2. The second kappa shape index (κ2) is 9.06. The van der Waals surface area contributed by atoms with Crippen molar-refractivity contribution in [1.29, 1.82) is 0 Å². The molecule has 23 heavy (non-hydrogen) atoms. The van der Waals surface area contributed by atoms with E-state index in [0.717, 1.165) is 17.5 Å². The normalized spacial score (nSPS) is 17.3. The lowest BCUT2D eigenvalue weighted by molar-refractivity contribution is -0.112. The van der Waals surface area contributed by atoms with Gasteiger partial charge in [-0.05, 0) is 36.1 Å². The van der Waals surface area contributed by atoms with E-state index in [9.17, 15) is 9.90 Å². The van der Waals surface area contributed by atoms with Crippen LogP contribution < -0.4 is 0 Å². The summed E-state index contributed by atoms with van der Waals surface area (Å²) in [4.78, 5) is 12.2. The van der Waals surface area contributed by atoms with E-state index in [1.807, 2.05) is 42.5 Å². The van der Waals surface area contributed by atoms with Gasteiger partial charge in [-0.15, -0.1) is 0 Å². The number of fused-ring (bicyclic) bond motifs is 1. The Bertz CT molecular complexity index is 648. The predicted octanol–water partition coefficient (Wildman–Crippen LogP) is 4.94. The Morgan fingerprint density at radius 2 is 1.91 bits per heavy atom. The van der Waals surface area contributed by atoms with E-state index in [1.165, 1.54) is 25.3 Å². The molecule has 0 saturated carbocycles. The van der Waals surface area contributed by atoms with Crippen LogP contribution in [0.1, 0.15) is 49.8 Å². The zero-order chi connectivity index (χ0) is 16.5. The summed E-state index contributed by atoms with van der Waals surface area (Å²) in [6, 6.07) is 7.53. The molecule has 2 heteroatoms. The maximum atomic E-state index is 12.2. The lowest BCUT2D eigenvalue weighted by atomic mass is 10.0. The molecule has 0 bridgehead atoms. The summed E-state index contributed by atoms with van der Waals surface area (Å²) in [6.07, 6.45) is 16.9. The molecule has 0 amide bonds. The molecule has 1 atom stereocenters. The molecule has 120 valence electrons. The van der Waals surface area contributed by atoms with Crippen LogP contribution in [-0.2, 0) is 4.79 Å². The van der Waals surface area contributed by atoms with Crippen LogP contribution in [0.15, 0.2) is 66.3 Å². The van der Waals surface area contributed by atoms with Gasteiger partial charge in [0.2, 0.25) is 0 Å². The fraction of sp³-hybridized carbons (Fsp3) is 0.286. The van der Waals surface area contributed by atoms with Crippen molar-refractivity contribution in [2.45, 2.75) is 38.7 Å². The van der Waals surface area contributed by atoms with Crippen molar-refractivity contribution in [3.05, 3.63) is 77.4 Å². The van der Waals surface area contributed by atoms with Crippen LogP contribution in [0.25, 0.3) is 6.08 Å². The third-order valence-electron chi connectivity index (χ3n) is 3.87. The van der Waals surface area contributed by atoms with Gasteiger partial charge in [0, 0.05) is 5.57 Å². The van der Waals surface area contributed by atoms with Gasteiger partial charge in [-0.2, -0.15) is 0 Å². The van der Waals surface area contributed by atoms with E-state index >= 15 is 0 Å². The van der Waals surface area contributed by atoms with Gasteiger partial charge < -0.3 is 5.11 Å². The summed E-state index contributed by atoms with van der Waals surface area (Å²) in [5, 5.41) is 10.2. The molecule has 0 saturated heterocycles. The highest BCUT2D eigenvalue weighted by atomic mass is 16.3. The Kier molecular flexibility index (Phi) is 6.76. The Balaban J connectivity index is 1.84. The number of unbranched alkanes of at least 4 members (excludes halogenated alkanes) is 3. The highest BCUT2D eigenvalue weighted by Gasteiger charge is 2.25. The Morgan fingerprint density at radius 3 is 2.70 bits per heavy atom. The number of rotatable bonds is 8. The first kappa shape index (κ1) is 17.2. The monoisotopic (exact) mass is 308 g/mol. The summed E-state index contributed by atoms with van der Waals surface area (Å²) >= 11 is 0. The molecule has 2 rings (SSSR count). The predicted molar refractivity (Wildman–Crippen MR) is 95.9 cm³/mol. The second-order valence-electron chi connectivity index (χ2n) is 5.66. The number of aliphatic hydroxyl groups is 1. The number of aliphatic hydroxyl groups excluding tert-OH is 1. The van der Waals surface area contributed by atoms with Crippen LogP contribution in [0.2, 0.25) is 0 Å². The number of hydrogen-bond donors (Lipinski definition) is 1. The van der Waals surface area contributed by atoms with Crippen LogP contribution in [0.4, 0.5) is 0 Å². The van der Waals surface area contributed by atoms with Crippen molar-refractivity contribution < 1.29 is 9.90 Å². The largest absolute Gasteiger partial charge is 0.383 e. The zero-order valence-electron chi connectivity index (χ0n) is 13.6. The van der Waals surface area contributed by atoms with Crippen molar-refractivity contribution in [1.82, 2.24) is 0 Å². The van der Waals surface area contributed by atoms with Gasteiger partial charge in [-0.25, -0.2) is 0 Å². The van der Waals surface area contributed by atoms with Crippen molar-refractivity contribution in [3.8, 4) is 0 Å². The highest BCUT2D eigenvalue weighted by Crippen LogP contribution is 2.34. The lowest BCUT2D eigenvalue weighted by Gasteiger charge is -2.06. The minimum atomic E-state index is -0.814. The molecule has 0 aliphatic heterocycles. The van der Waals surface area contributed by atoms with Crippen LogP contribution in [-0.4, -0.2) is 10.9 Å². The lowest BCUT2D eigenvalue weighted by Crippen LogP contribution is -2.05. The van der Waals surface area contributed by atoms with Crippen molar-refractivity contribution >= 4 is 11.9 Å². The van der Waals surface area contributed by atoms with Gasteiger partial charge in [0.15, 0.2) is 5.78 Å². The van der Waals surface area contributed by atoms with Gasteiger partial charge in [0.1, 0.15) is 6.10 Å². The number of allylic oxidation sites excluding steroid dienone is 6. The van der Waals surface area contributed by atoms with Crippen LogP contribution in [0.3, 0.4) is 0 Å². The Hall–Kier alpha value is -2.19. The third kappa shape index (κ3) is 4.90. The van der Waals surface area contributed by atoms with Crippen molar-refractivity contribution in [2.75, 3.05) is 0 Å². The van der Waals surface area contributed by atoms with Gasteiger partial charge in [0.05, 0.1) is 0 Å². The number of ketones is 1. The molecule has 1 aromatic carbocycles. The average Bonchev–Trinajstić information content (AvgIpc) is 2.90. The molecule has 0 fully saturated rings. The van der Waals surface area contributed by atoms with E-state index in [1.54, 1.807) is 12.2 Å². The molecule has 2 nitrogen and oxygen atoms in total. The Morgan fingerprint density at radius 1 is 1.13 bits per heavy atom. The summed E-state index contributed by atoms with van der Waals surface area (Å²) < 4.78 is 0. The summed E-state index contributed by atoms with van der Waals surface area (Å²) in [5.41, 5.74) is 2.16. The molecule has 0 spiro atoms. The molecule has 0 aromatic heterocycles. The molecule has 1 N–H and O–H groups in total. The fourth-order valence-electron chi connectivity index (χ4n) is 2.57. The smallest absolute Gasteiger partial charge is 0.184 e. The first-order valence-corrected chi connectivity index (χ1v) is 8.27. The summed E-state index contributed by atoms with van der Waals surface area (Å²) in [5.74, 6) is -0.148. The first-order chi connectivity index (χ1) is 11.2. The number of carbonyl (C=O) groups excluding carboxylic acids is 1. The van der Waals surface area contributed by atoms with Gasteiger partial charge in [0.25, 0.3) is 0 Å². The molecule has 1 aromatic rings. The van der Waals surface area contributed by atoms with Crippen molar-refractivity contribution in [2.24, 2.45) is 0 Å². The topological polar surface area (TPSA) is 37.3 Å². The fourth-order valence-corrected chi connectivity index (χ4v) is 2.57. The molecule has 1 aliphatic rings. The molecule has 1 unspecified atom stereocenters. The molecule has 0 heterocycles. The summed E-state index contributed by atoms with van der Waals surface area (Å²) in [6.45, 7) is 2.20. The van der Waals surface area contributed by atoms with Crippen molar-refractivity contribution in [3.63, 3.8) is 0 Å². The second-order valence-corrected chi connectivity index (χ2v) is 5.66. The quantitative estimate of drug-likeness (QED) is 0.420. The standard InChI is InChI=1S/C21H24O2/c1-2-3-4-5-6-7-8-9-10-15-20(22)19-16-17-13-11-12-14-18(17)21(19)23/h6-16,21,23H,2-5H2,1H3. The van der Waals surface area contributed by atoms with Gasteiger partial charge in [-0.3, -0.25) is 4.79 Å². The van der Waals surface area contributed by atoms with Crippen LogP contribution in [0.5, 0.6) is 0 Å². The van der Waals surface area contributed by atoms with E-state index in [2.05, 4.69) is 13.0 Å². The molecular formula is C21H24O2. The average molecular weight is 308 g/mol. The SMILES string of the molecule is CCCCCC=CC=CC=CC(=O)C1=Cc2ccccc2C1O. The number of carbonyl (C=O) groups is 1. The first-order valence-electron chi connectivity index (χ1n) is 8.27. The molecule has 1 aliphatic carbocycles. The van der Waals surface area contributed by atoms with E-state index in [-0.39, 0.29) is 5.78 Å². The minimum Gasteiger partial charge on any atom is -0.383 e. The van der Waals surface area contributed by atoms with Crippen LogP contribution in [0, 0.1) is 0 Å². The van der Waals surface area contributed by atoms with Crippen LogP contribution >= 0.6 is 0 Å². The number of benzene rings is 1. The van der Waals surface area contributed by atoms with E-state index in [4.69, 9.17) is 0 Å². The maximum Gasteiger partial charge on any atom is 0.184 e. The summed E-state index contributed by atoms with van der Waals surface area (Å²) in [7, 11) is 0. The zero-order valence-corrected chi connectivity index (χ0v) is 13.6. The Labute approximate surface area is 138 Å². The third-order valence-corrected chi connectivity index (χ3v) is 3.87. The highest BCUT2D eigenvalue weighted by molar-refractivity contribution is 6.09. The van der Waals surface area contributed by atoms with Gasteiger partial charge in [-0.1, -0.05) is 74.4 Å².